The van der Waals surface area contributed by atoms with Gasteiger partial charge in [0.15, 0.2) is 9.84 Å². The fourth-order valence-corrected chi connectivity index (χ4v) is 5.64. The first kappa shape index (κ1) is 19.4. The highest BCUT2D eigenvalue weighted by atomic mass is 35.5. The highest BCUT2D eigenvalue weighted by Gasteiger charge is 2.36. The van der Waals surface area contributed by atoms with Crippen LogP contribution in [0.5, 0.6) is 0 Å². The maximum atomic E-state index is 13.0. The Morgan fingerprint density at radius 2 is 1.73 bits per heavy atom. The fraction of sp³-hybridized carbons (Fsp3) is 0.333. The third-order valence-electron chi connectivity index (χ3n) is 4.27. The van der Waals surface area contributed by atoms with E-state index in [1.165, 1.54) is 18.2 Å². The molecule has 1 saturated carbocycles. The van der Waals surface area contributed by atoms with Crippen LogP contribution in [0.2, 0.25) is 5.02 Å². The molecule has 0 aliphatic heterocycles. The second-order valence-corrected chi connectivity index (χ2v) is 10.9. The Bertz CT molecular complexity index is 1000. The SMILES string of the molecule is CS(=O)(=O)Cc1ccc(Cl)cc1S(=O)(=O)N[C@@H](c1ccccc1)C1CC1. The molecule has 3 rings (SSSR count). The van der Waals surface area contributed by atoms with Crippen molar-refractivity contribution in [2.24, 2.45) is 5.92 Å². The van der Waals surface area contributed by atoms with Crippen LogP contribution in [0.25, 0.3) is 0 Å². The van der Waals surface area contributed by atoms with Crippen molar-refractivity contribution in [2.45, 2.75) is 29.5 Å². The van der Waals surface area contributed by atoms with Gasteiger partial charge in [0.25, 0.3) is 0 Å². The summed E-state index contributed by atoms with van der Waals surface area (Å²) in [6.07, 6.45) is 2.98. The van der Waals surface area contributed by atoms with Crippen LogP contribution in [0.3, 0.4) is 0 Å². The van der Waals surface area contributed by atoms with Crippen molar-refractivity contribution in [3.63, 3.8) is 0 Å². The molecule has 5 nitrogen and oxygen atoms in total. The van der Waals surface area contributed by atoms with E-state index >= 15 is 0 Å². The third kappa shape index (κ3) is 4.85. The summed E-state index contributed by atoms with van der Waals surface area (Å²) in [7, 11) is -7.33. The van der Waals surface area contributed by atoms with Gasteiger partial charge in [0.05, 0.1) is 10.6 Å². The van der Waals surface area contributed by atoms with E-state index in [4.69, 9.17) is 11.6 Å². The van der Waals surface area contributed by atoms with Crippen LogP contribution >= 0.6 is 11.6 Å². The van der Waals surface area contributed by atoms with Crippen LogP contribution < -0.4 is 4.72 Å². The van der Waals surface area contributed by atoms with Crippen molar-refractivity contribution in [3.8, 4) is 0 Å². The molecular formula is C18H20ClNO4S2. The van der Waals surface area contributed by atoms with E-state index in [0.29, 0.717) is 0 Å². The Morgan fingerprint density at radius 1 is 1.08 bits per heavy atom. The highest BCUT2D eigenvalue weighted by Crippen LogP contribution is 2.42. The number of rotatable bonds is 7. The third-order valence-corrected chi connectivity index (χ3v) is 6.86. The van der Waals surface area contributed by atoms with Gasteiger partial charge in [-0.25, -0.2) is 21.6 Å². The number of hydrogen-bond donors (Lipinski definition) is 1. The molecule has 0 heterocycles. The molecule has 140 valence electrons. The molecule has 0 spiro atoms. The van der Waals surface area contributed by atoms with E-state index in [0.717, 1.165) is 24.7 Å². The lowest BCUT2D eigenvalue weighted by molar-refractivity contribution is 0.528. The first-order valence-electron chi connectivity index (χ1n) is 8.19. The maximum absolute atomic E-state index is 13.0. The second-order valence-electron chi connectivity index (χ2n) is 6.67. The molecule has 1 fully saturated rings. The van der Waals surface area contributed by atoms with Gasteiger partial charge < -0.3 is 0 Å². The van der Waals surface area contributed by atoms with Gasteiger partial charge in [-0.1, -0.05) is 48.0 Å². The molecule has 2 aromatic carbocycles. The number of sulfone groups is 1. The van der Waals surface area contributed by atoms with E-state index in [1.54, 1.807) is 0 Å². The van der Waals surface area contributed by atoms with Crippen molar-refractivity contribution in [1.82, 2.24) is 4.72 Å². The average molecular weight is 414 g/mol. The quantitative estimate of drug-likeness (QED) is 0.755. The van der Waals surface area contributed by atoms with Crippen LogP contribution in [0.4, 0.5) is 0 Å². The standard InChI is InChI=1S/C18H20ClNO4S2/c1-25(21,22)12-15-9-10-16(19)11-17(15)26(23,24)20-18(14-7-8-14)13-5-3-2-4-6-13/h2-6,9-11,14,18,20H,7-8,12H2,1H3/t18-/m0/s1. The largest absolute Gasteiger partial charge is 0.241 e. The lowest BCUT2D eigenvalue weighted by atomic mass is 10.0. The first-order valence-corrected chi connectivity index (χ1v) is 12.1. The van der Waals surface area contributed by atoms with Crippen LogP contribution in [0, 0.1) is 5.92 Å². The predicted octanol–water partition coefficient (Wildman–Crippen LogP) is 3.31. The van der Waals surface area contributed by atoms with Crippen molar-refractivity contribution in [3.05, 3.63) is 64.7 Å². The van der Waals surface area contributed by atoms with Crippen LogP contribution in [-0.2, 0) is 25.6 Å². The predicted molar refractivity (Wildman–Crippen MR) is 102 cm³/mol. The molecule has 0 radical (unpaired) electrons. The number of hydrogen-bond acceptors (Lipinski definition) is 4. The molecule has 1 aliphatic carbocycles. The van der Waals surface area contributed by atoms with E-state index in [2.05, 4.69) is 4.72 Å². The lowest BCUT2D eigenvalue weighted by Gasteiger charge is -2.20. The summed E-state index contributed by atoms with van der Waals surface area (Å²) < 4.78 is 52.2. The molecule has 0 unspecified atom stereocenters. The fourth-order valence-electron chi connectivity index (χ4n) is 2.94. The van der Waals surface area contributed by atoms with Gasteiger partial charge in [-0.3, -0.25) is 0 Å². The highest BCUT2D eigenvalue weighted by molar-refractivity contribution is 7.90. The van der Waals surface area contributed by atoms with Crippen LogP contribution in [0.1, 0.15) is 30.0 Å². The molecule has 2 aromatic rings. The topological polar surface area (TPSA) is 80.3 Å². The summed E-state index contributed by atoms with van der Waals surface area (Å²) in [5.41, 5.74) is 1.11. The van der Waals surface area contributed by atoms with Gasteiger partial charge in [-0.15, -0.1) is 0 Å². The number of nitrogens with one attached hydrogen (secondary N) is 1. The van der Waals surface area contributed by atoms with Crippen molar-refractivity contribution in [2.75, 3.05) is 6.26 Å². The average Bonchev–Trinajstić information content (AvgIpc) is 3.39. The zero-order valence-corrected chi connectivity index (χ0v) is 16.6. The summed E-state index contributed by atoms with van der Waals surface area (Å²) in [6.45, 7) is 0. The lowest BCUT2D eigenvalue weighted by Crippen LogP contribution is -2.31. The Balaban J connectivity index is 1.98. The van der Waals surface area contributed by atoms with Gasteiger partial charge in [0.1, 0.15) is 0 Å². The van der Waals surface area contributed by atoms with Gasteiger partial charge in [-0.05, 0) is 42.0 Å². The number of sulfonamides is 1. The van der Waals surface area contributed by atoms with Gasteiger partial charge in [-0.2, -0.15) is 0 Å². The molecule has 8 heteroatoms. The minimum Gasteiger partial charge on any atom is -0.229 e. The summed E-state index contributed by atoms with van der Waals surface area (Å²) in [4.78, 5) is -0.0861. The summed E-state index contributed by atoms with van der Waals surface area (Å²) in [5.74, 6) is -0.121. The normalized spacial score (nSPS) is 16.4. The Kier molecular flexibility index (Phi) is 5.44. The zero-order valence-electron chi connectivity index (χ0n) is 14.2. The van der Waals surface area contributed by atoms with Crippen molar-refractivity contribution in [1.29, 1.82) is 0 Å². The molecular weight excluding hydrogens is 394 g/mol. The molecule has 1 atom stereocenters. The minimum atomic E-state index is -3.94. The van der Waals surface area contributed by atoms with Gasteiger partial charge in [0.2, 0.25) is 10.0 Å². The minimum absolute atomic E-state index is 0.0861. The van der Waals surface area contributed by atoms with Crippen molar-refractivity contribution >= 4 is 31.5 Å². The molecule has 26 heavy (non-hydrogen) atoms. The van der Waals surface area contributed by atoms with Crippen molar-refractivity contribution < 1.29 is 16.8 Å². The van der Waals surface area contributed by atoms with E-state index in [-0.39, 0.29) is 33.2 Å². The second kappa shape index (κ2) is 7.31. The Labute approximate surface area is 159 Å². The Morgan fingerprint density at radius 3 is 2.31 bits per heavy atom. The summed E-state index contributed by atoms with van der Waals surface area (Å²) >= 11 is 5.98. The molecule has 0 bridgehead atoms. The molecule has 0 saturated heterocycles. The molecule has 0 aromatic heterocycles. The monoisotopic (exact) mass is 413 g/mol. The molecule has 1 aliphatic rings. The van der Waals surface area contributed by atoms with Crippen LogP contribution in [-0.4, -0.2) is 23.1 Å². The summed E-state index contributed by atoms with van der Waals surface area (Å²) in [6, 6.07) is 13.3. The Hall–Kier alpha value is -1.41. The summed E-state index contributed by atoms with van der Waals surface area (Å²) in [5, 5.41) is 0.241. The molecule has 0 amide bonds. The van der Waals surface area contributed by atoms with E-state index in [9.17, 15) is 16.8 Å². The molecule has 1 N–H and O–H groups in total. The van der Waals surface area contributed by atoms with E-state index < -0.39 is 19.9 Å². The zero-order chi connectivity index (χ0) is 18.9. The maximum Gasteiger partial charge on any atom is 0.241 e. The van der Waals surface area contributed by atoms with Crippen LogP contribution in [0.15, 0.2) is 53.4 Å². The smallest absolute Gasteiger partial charge is 0.229 e. The number of benzene rings is 2. The first-order chi connectivity index (χ1) is 12.2. The van der Waals surface area contributed by atoms with Gasteiger partial charge >= 0.3 is 0 Å². The van der Waals surface area contributed by atoms with Gasteiger partial charge in [0, 0.05) is 17.3 Å². The number of halogens is 1. The van der Waals surface area contributed by atoms with E-state index in [1.807, 2.05) is 30.3 Å².